The Balaban J connectivity index is 0.000000268. The zero-order valence-corrected chi connectivity index (χ0v) is 20.3. The first-order valence-corrected chi connectivity index (χ1v) is 11.7. The van der Waals surface area contributed by atoms with Crippen molar-refractivity contribution in [3.63, 3.8) is 0 Å². The number of ether oxygens (including phenoxy) is 1. The highest BCUT2D eigenvalue weighted by atomic mass is 16.5. The molecule has 188 valence electrons. The second kappa shape index (κ2) is 17.9. The molecule has 7 heteroatoms. The molecular formula is C28H37N3O4. The Bertz CT molecular complexity index is 979. The largest absolute Gasteiger partial charge is 0.494 e. The van der Waals surface area contributed by atoms with E-state index >= 15 is 0 Å². The van der Waals surface area contributed by atoms with Crippen LogP contribution in [0, 0.1) is 0 Å². The maximum atomic E-state index is 10.5. The van der Waals surface area contributed by atoms with E-state index in [1.807, 2.05) is 73.7 Å². The number of hydrogen-bond acceptors (Lipinski definition) is 6. The minimum absolute atomic E-state index is 0.520. The number of carbonyl (C=O) groups is 2. The SMILES string of the molecule is CCOc1ccccc1CN.NCCCC[C@H](N)C(=O)O.O=Cc1ccc(-c2ccccc2)cc1. The summed E-state index contributed by atoms with van der Waals surface area (Å²) in [6.07, 6.45) is 3.02. The summed E-state index contributed by atoms with van der Waals surface area (Å²) in [6, 6.07) is 24.8. The number of carbonyl (C=O) groups excluding carboxylic acids is 1. The molecule has 0 aliphatic heterocycles. The third kappa shape index (κ3) is 12.0. The number of para-hydroxylation sites is 1. The number of nitrogens with two attached hydrogens (primary N) is 3. The van der Waals surface area contributed by atoms with Gasteiger partial charge in [0.1, 0.15) is 18.1 Å². The summed E-state index contributed by atoms with van der Waals surface area (Å²) in [6.45, 7) is 3.80. The van der Waals surface area contributed by atoms with Gasteiger partial charge in [0.2, 0.25) is 0 Å². The molecule has 0 radical (unpaired) electrons. The van der Waals surface area contributed by atoms with Crippen LogP contribution in [0.3, 0.4) is 0 Å². The van der Waals surface area contributed by atoms with Crippen LogP contribution < -0.4 is 21.9 Å². The van der Waals surface area contributed by atoms with Gasteiger partial charge in [-0.1, -0.05) is 79.2 Å². The van der Waals surface area contributed by atoms with Crippen LogP contribution in [-0.2, 0) is 11.3 Å². The van der Waals surface area contributed by atoms with Gasteiger partial charge >= 0.3 is 5.97 Å². The molecule has 0 unspecified atom stereocenters. The van der Waals surface area contributed by atoms with E-state index < -0.39 is 12.0 Å². The summed E-state index contributed by atoms with van der Waals surface area (Å²) >= 11 is 0. The van der Waals surface area contributed by atoms with Gasteiger partial charge in [0.05, 0.1) is 6.61 Å². The maximum absolute atomic E-state index is 10.5. The average Bonchev–Trinajstić information content (AvgIpc) is 2.90. The van der Waals surface area contributed by atoms with Gasteiger partial charge in [-0.25, -0.2) is 0 Å². The Hall–Kier alpha value is -3.52. The van der Waals surface area contributed by atoms with Gasteiger partial charge < -0.3 is 27.0 Å². The van der Waals surface area contributed by atoms with Crippen LogP contribution in [0.15, 0.2) is 78.9 Å². The van der Waals surface area contributed by atoms with E-state index in [9.17, 15) is 9.59 Å². The highest BCUT2D eigenvalue weighted by molar-refractivity contribution is 5.76. The summed E-state index contributed by atoms with van der Waals surface area (Å²) < 4.78 is 5.35. The predicted octanol–water partition coefficient (Wildman–Crippen LogP) is 4.24. The molecule has 3 aromatic rings. The van der Waals surface area contributed by atoms with E-state index in [2.05, 4.69) is 12.1 Å². The molecule has 0 bridgehead atoms. The summed E-state index contributed by atoms with van der Waals surface area (Å²) in [4.78, 5) is 20.6. The topological polar surface area (TPSA) is 142 Å². The number of carboxylic acid groups (broad SMARTS) is 1. The monoisotopic (exact) mass is 479 g/mol. The molecule has 0 aromatic heterocycles. The first kappa shape index (κ1) is 29.5. The van der Waals surface area contributed by atoms with Crippen molar-refractivity contribution in [1.82, 2.24) is 0 Å². The molecule has 0 spiro atoms. The van der Waals surface area contributed by atoms with Crippen molar-refractivity contribution in [1.29, 1.82) is 0 Å². The van der Waals surface area contributed by atoms with Crippen molar-refractivity contribution in [3.8, 4) is 16.9 Å². The third-order valence-corrected chi connectivity index (χ3v) is 4.93. The molecule has 3 rings (SSSR count). The lowest BCUT2D eigenvalue weighted by Crippen LogP contribution is -2.29. The zero-order valence-electron chi connectivity index (χ0n) is 20.3. The number of benzene rings is 3. The van der Waals surface area contributed by atoms with Gasteiger partial charge in [-0.2, -0.15) is 0 Å². The number of aldehydes is 1. The Morgan fingerprint density at radius 3 is 2.06 bits per heavy atom. The van der Waals surface area contributed by atoms with E-state index in [1.165, 1.54) is 5.56 Å². The lowest BCUT2D eigenvalue weighted by atomic mass is 10.0. The lowest BCUT2D eigenvalue weighted by Gasteiger charge is -2.06. The van der Waals surface area contributed by atoms with Crippen molar-refractivity contribution < 1.29 is 19.4 Å². The molecule has 0 amide bonds. The van der Waals surface area contributed by atoms with Crippen molar-refractivity contribution in [2.75, 3.05) is 13.2 Å². The van der Waals surface area contributed by atoms with Crippen LogP contribution in [0.2, 0.25) is 0 Å². The van der Waals surface area contributed by atoms with Crippen LogP contribution in [0.4, 0.5) is 0 Å². The van der Waals surface area contributed by atoms with Crippen LogP contribution >= 0.6 is 0 Å². The molecular weight excluding hydrogens is 442 g/mol. The van der Waals surface area contributed by atoms with Gasteiger partial charge in [0.25, 0.3) is 0 Å². The fourth-order valence-electron chi connectivity index (χ4n) is 2.99. The standard InChI is InChI=1S/C13H10O.C9H13NO.C6H14N2O2/c14-10-11-6-8-13(9-7-11)12-4-2-1-3-5-12;1-2-11-9-6-4-3-5-8(9)7-10;7-4-2-1-3-5(8)6(9)10/h1-10H;3-6H,2,7,10H2,1H3;5H,1-4,7-8H2,(H,9,10)/t;;5-/m..0/s1. The van der Waals surface area contributed by atoms with Crippen LogP contribution in [0.1, 0.15) is 42.1 Å². The maximum Gasteiger partial charge on any atom is 0.320 e. The van der Waals surface area contributed by atoms with Gasteiger partial charge in [-0.15, -0.1) is 0 Å². The molecule has 35 heavy (non-hydrogen) atoms. The second-order valence-corrected chi connectivity index (χ2v) is 7.58. The Labute approximate surface area is 207 Å². The number of unbranched alkanes of at least 4 members (excludes halogenated alkanes) is 1. The first-order valence-electron chi connectivity index (χ1n) is 11.7. The quantitative estimate of drug-likeness (QED) is 0.252. The van der Waals surface area contributed by atoms with Crippen molar-refractivity contribution in [3.05, 3.63) is 90.0 Å². The van der Waals surface area contributed by atoms with Gasteiger partial charge in [0, 0.05) is 17.7 Å². The van der Waals surface area contributed by atoms with Gasteiger partial charge in [-0.3, -0.25) is 9.59 Å². The minimum atomic E-state index is -0.933. The molecule has 3 aromatic carbocycles. The van der Waals surface area contributed by atoms with Crippen LogP contribution in [0.25, 0.3) is 11.1 Å². The predicted molar refractivity (Wildman–Crippen MR) is 141 cm³/mol. The lowest BCUT2D eigenvalue weighted by molar-refractivity contribution is -0.138. The molecule has 0 saturated heterocycles. The van der Waals surface area contributed by atoms with E-state index in [1.54, 1.807) is 0 Å². The molecule has 1 atom stereocenters. The van der Waals surface area contributed by atoms with Crippen molar-refractivity contribution in [2.45, 2.75) is 38.8 Å². The number of hydrogen-bond donors (Lipinski definition) is 4. The minimum Gasteiger partial charge on any atom is -0.494 e. The highest BCUT2D eigenvalue weighted by Crippen LogP contribution is 2.18. The third-order valence-electron chi connectivity index (χ3n) is 4.93. The molecule has 0 aliphatic carbocycles. The van der Waals surface area contributed by atoms with Gasteiger partial charge in [-0.05, 0) is 43.5 Å². The van der Waals surface area contributed by atoms with Gasteiger partial charge in [0.15, 0.2) is 0 Å². The van der Waals surface area contributed by atoms with Crippen molar-refractivity contribution in [2.24, 2.45) is 17.2 Å². The first-order chi connectivity index (χ1) is 17.0. The fourth-order valence-corrected chi connectivity index (χ4v) is 2.99. The number of rotatable bonds is 10. The van der Waals surface area contributed by atoms with E-state index in [4.69, 9.17) is 27.0 Å². The Kier molecular flexibility index (Phi) is 15.1. The zero-order chi connectivity index (χ0) is 25.9. The number of carboxylic acids is 1. The molecule has 0 heterocycles. The summed E-state index contributed by atoms with van der Waals surface area (Å²) in [5, 5.41) is 8.33. The van der Waals surface area contributed by atoms with E-state index in [0.29, 0.717) is 31.7 Å². The summed E-state index contributed by atoms with van der Waals surface area (Å²) in [5.41, 5.74) is 20.0. The smallest absolute Gasteiger partial charge is 0.320 e. The highest BCUT2D eigenvalue weighted by Gasteiger charge is 2.09. The fraction of sp³-hybridized carbons (Fsp3) is 0.286. The molecule has 7 N–H and O–H groups in total. The summed E-state index contributed by atoms with van der Waals surface area (Å²) in [5.74, 6) is -0.0329. The molecule has 0 saturated carbocycles. The molecule has 7 nitrogen and oxygen atoms in total. The summed E-state index contributed by atoms with van der Waals surface area (Å²) in [7, 11) is 0. The molecule has 0 fully saturated rings. The van der Waals surface area contributed by atoms with E-state index in [-0.39, 0.29) is 0 Å². The Morgan fingerprint density at radius 2 is 1.51 bits per heavy atom. The number of aliphatic carboxylic acids is 1. The Morgan fingerprint density at radius 1 is 0.914 bits per heavy atom. The normalized spacial score (nSPS) is 10.6. The van der Waals surface area contributed by atoms with E-state index in [0.717, 1.165) is 36.0 Å². The average molecular weight is 480 g/mol. The van der Waals surface area contributed by atoms with Crippen LogP contribution in [-0.4, -0.2) is 36.6 Å². The molecule has 0 aliphatic rings. The van der Waals surface area contributed by atoms with Crippen molar-refractivity contribution >= 4 is 12.3 Å². The second-order valence-electron chi connectivity index (χ2n) is 7.58. The van der Waals surface area contributed by atoms with Crippen LogP contribution in [0.5, 0.6) is 5.75 Å².